The normalized spacial score (nSPS) is 18.5. The fourth-order valence-electron chi connectivity index (χ4n) is 2.09. The van der Waals surface area contributed by atoms with Crippen molar-refractivity contribution in [1.82, 2.24) is 4.72 Å². The third-order valence-corrected chi connectivity index (χ3v) is 3.66. The first kappa shape index (κ1) is 10.5. The Morgan fingerprint density at radius 3 is 2.94 bits per heavy atom. The molecule has 0 aromatic heterocycles. The van der Waals surface area contributed by atoms with Crippen LogP contribution in [-0.4, -0.2) is 5.91 Å². The average molecular weight is 244 g/mol. The van der Waals surface area contributed by atoms with Crippen molar-refractivity contribution in [2.75, 3.05) is 4.90 Å². The minimum atomic E-state index is 0.166. The van der Waals surface area contributed by atoms with Crippen LogP contribution < -0.4 is 9.62 Å². The van der Waals surface area contributed by atoms with E-state index in [1.807, 2.05) is 36.6 Å². The quantitative estimate of drug-likeness (QED) is 0.771. The second kappa shape index (κ2) is 4.30. The van der Waals surface area contributed by atoms with Crippen LogP contribution in [0.25, 0.3) is 0 Å². The van der Waals surface area contributed by atoms with Crippen molar-refractivity contribution in [2.24, 2.45) is 0 Å². The number of hydrogen-bond donors (Lipinski definition) is 1. The molecule has 3 nitrogen and oxygen atoms in total. The third-order valence-electron chi connectivity index (χ3n) is 2.88. The first-order chi connectivity index (χ1) is 8.36. The Kier molecular flexibility index (Phi) is 2.65. The zero-order chi connectivity index (χ0) is 11.7. The van der Waals surface area contributed by atoms with E-state index < -0.39 is 0 Å². The van der Waals surface area contributed by atoms with E-state index in [4.69, 9.17) is 0 Å². The standard InChI is InChI=1S/C13H12N2OS/c16-12-8-7-10-4-1-2-5-11(10)15(12)13-6-3-9-14-17-13/h1-6,9,14H,7-8H2. The number of anilines is 1. The van der Waals surface area contributed by atoms with Crippen LogP contribution in [0.4, 0.5) is 5.69 Å². The Morgan fingerprint density at radius 2 is 2.12 bits per heavy atom. The Balaban J connectivity index is 2.06. The summed E-state index contributed by atoms with van der Waals surface area (Å²) < 4.78 is 3.06. The van der Waals surface area contributed by atoms with Crippen molar-refractivity contribution in [2.45, 2.75) is 12.8 Å². The van der Waals surface area contributed by atoms with Crippen molar-refractivity contribution in [1.29, 1.82) is 0 Å². The van der Waals surface area contributed by atoms with Gasteiger partial charge in [0.1, 0.15) is 5.03 Å². The highest BCUT2D eigenvalue weighted by atomic mass is 32.2. The van der Waals surface area contributed by atoms with Crippen molar-refractivity contribution in [3.63, 3.8) is 0 Å². The van der Waals surface area contributed by atoms with Gasteiger partial charge in [-0.15, -0.1) is 0 Å². The molecule has 1 N–H and O–H groups in total. The van der Waals surface area contributed by atoms with Gasteiger partial charge in [-0.1, -0.05) is 18.2 Å². The first-order valence-corrected chi connectivity index (χ1v) is 6.38. The number of para-hydroxylation sites is 1. The maximum absolute atomic E-state index is 12.1. The molecule has 3 rings (SSSR count). The molecule has 1 aromatic carbocycles. The molecule has 4 heteroatoms. The summed E-state index contributed by atoms with van der Waals surface area (Å²) in [5.74, 6) is 0.166. The number of amides is 1. The smallest absolute Gasteiger partial charge is 0.232 e. The molecule has 0 radical (unpaired) electrons. The number of rotatable bonds is 1. The van der Waals surface area contributed by atoms with Gasteiger partial charge in [0.25, 0.3) is 0 Å². The van der Waals surface area contributed by atoms with E-state index in [1.165, 1.54) is 17.5 Å². The van der Waals surface area contributed by atoms with Gasteiger partial charge in [-0.2, -0.15) is 0 Å². The zero-order valence-electron chi connectivity index (χ0n) is 9.22. The predicted molar refractivity (Wildman–Crippen MR) is 70.2 cm³/mol. The van der Waals surface area contributed by atoms with Gasteiger partial charge in [-0.25, -0.2) is 0 Å². The Morgan fingerprint density at radius 1 is 1.24 bits per heavy atom. The molecule has 17 heavy (non-hydrogen) atoms. The van der Waals surface area contributed by atoms with Gasteiger partial charge < -0.3 is 4.72 Å². The minimum Gasteiger partial charge on any atom is -0.331 e. The molecule has 2 aliphatic heterocycles. The van der Waals surface area contributed by atoms with Gasteiger partial charge >= 0.3 is 0 Å². The summed E-state index contributed by atoms with van der Waals surface area (Å²) in [5.41, 5.74) is 2.25. The molecule has 0 atom stereocenters. The van der Waals surface area contributed by atoms with Crippen LogP contribution >= 0.6 is 11.9 Å². The van der Waals surface area contributed by atoms with E-state index in [9.17, 15) is 4.79 Å². The number of aryl methyl sites for hydroxylation is 1. The average Bonchev–Trinajstić information content (AvgIpc) is 2.39. The van der Waals surface area contributed by atoms with Crippen molar-refractivity contribution in [3.05, 3.63) is 53.2 Å². The summed E-state index contributed by atoms with van der Waals surface area (Å²) in [6.45, 7) is 0. The highest BCUT2D eigenvalue weighted by Crippen LogP contribution is 2.34. The van der Waals surface area contributed by atoms with Crippen LogP contribution in [0.3, 0.4) is 0 Å². The molecule has 0 spiro atoms. The zero-order valence-corrected chi connectivity index (χ0v) is 10.0. The summed E-state index contributed by atoms with van der Waals surface area (Å²) in [6.07, 6.45) is 7.15. The summed E-state index contributed by atoms with van der Waals surface area (Å²) in [6, 6.07) is 8.09. The number of hydrogen-bond acceptors (Lipinski definition) is 3. The van der Waals surface area contributed by atoms with Crippen LogP contribution in [0.5, 0.6) is 0 Å². The van der Waals surface area contributed by atoms with Gasteiger partial charge in [0.05, 0.1) is 5.69 Å². The lowest BCUT2D eigenvalue weighted by Gasteiger charge is -2.31. The number of nitrogens with zero attached hydrogens (tertiary/aromatic N) is 1. The third kappa shape index (κ3) is 1.85. The van der Waals surface area contributed by atoms with Gasteiger partial charge in [-0.3, -0.25) is 9.69 Å². The molecule has 2 heterocycles. The minimum absolute atomic E-state index is 0.166. The van der Waals surface area contributed by atoms with Gasteiger partial charge in [0, 0.05) is 24.6 Å². The van der Waals surface area contributed by atoms with Crippen molar-refractivity contribution in [3.8, 4) is 0 Å². The first-order valence-electron chi connectivity index (χ1n) is 5.56. The maximum Gasteiger partial charge on any atom is 0.232 e. The number of allylic oxidation sites excluding steroid dienone is 2. The van der Waals surface area contributed by atoms with Crippen molar-refractivity contribution >= 4 is 23.5 Å². The van der Waals surface area contributed by atoms with E-state index in [0.29, 0.717) is 6.42 Å². The van der Waals surface area contributed by atoms with E-state index in [2.05, 4.69) is 10.8 Å². The van der Waals surface area contributed by atoms with E-state index in [1.54, 1.807) is 4.90 Å². The van der Waals surface area contributed by atoms with E-state index >= 15 is 0 Å². The van der Waals surface area contributed by atoms with Crippen molar-refractivity contribution < 1.29 is 4.79 Å². The molecule has 0 saturated carbocycles. The van der Waals surface area contributed by atoms with Crippen LogP contribution in [-0.2, 0) is 11.2 Å². The molecule has 2 aliphatic rings. The molecular formula is C13H12N2OS. The lowest BCUT2D eigenvalue weighted by atomic mass is 10.0. The van der Waals surface area contributed by atoms with E-state index in [-0.39, 0.29) is 5.91 Å². The summed E-state index contributed by atoms with van der Waals surface area (Å²) >= 11 is 1.47. The second-order valence-electron chi connectivity index (χ2n) is 3.94. The molecule has 0 fully saturated rings. The Labute approximate surface area is 104 Å². The summed E-state index contributed by atoms with van der Waals surface area (Å²) in [5, 5.41) is 0.935. The Bertz CT molecular complexity index is 522. The van der Waals surface area contributed by atoms with Crippen LogP contribution in [0.15, 0.2) is 47.6 Å². The number of carbonyl (C=O) groups is 1. The fourth-order valence-corrected chi connectivity index (χ4v) is 2.79. The molecule has 0 bridgehead atoms. The van der Waals surface area contributed by atoms with E-state index in [0.717, 1.165) is 17.1 Å². The lowest BCUT2D eigenvalue weighted by Crippen LogP contribution is -2.34. The molecule has 1 aromatic rings. The Hall–Kier alpha value is -1.68. The topological polar surface area (TPSA) is 32.3 Å². The molecular weight excluding hydrogens is 232 g/mol. The maximum atomic E-state index is 12.1. The van der Waals surface area contributed by atoms with Crippen LogP contribution in [0.1, 0.15) is 12.0 Å². The predicted octanol–water partition coefficient (Wildman–Crippen LogP) is 2.57. The highest BCUT2D eigenvalue weighted by molar-refractivity contribution is 8.01. The summed E-state index contributed by atoms with van der Waals surface area (Å²) in [4.78, 5) is 13.9. The fraction of sp³-hybridized carbons (Fsp3) is 0.154. The van der Waals surface area contributed by atoms with Gasteiger partial charge in [0.15, 0.2) is 0 Å². The number of carbonyl (C=O) groups excluding carboxylic acids is 1. The number of benzene rings is 1. The highest BCUT2D eigenvalue weighted by Gasteiger charge is 2.27. The lowest BCUT2D eigenvalue weighted by molar-refractivity contribution is -0.118. The molecule has 1 amide bonds. The second-order valence-corrected chi connectivity index (χ2v) is 4.80. The SMILES string of the molecule is O=C1CCc2ccccc2N1C1=CC=CNS1. The molecule has 86 valence electrons. The molecule has 0 unspecified atom stereocenters. The number of fused-ring (bicyclic) bond motifs is 1. The largest absolute Gasteiger partial charge is 0.331 e. The number of nitrogens with one attached hydrogen (secondary N) is 1. The molecule has 0 saturated heterocycles. The van der Waals surface area contributed by atoms with Crippen LogP contribution in [0, 0.1) is 0 Å². The van der Waals surface area contributed by atoms with Gasteiger partial charge in [-0.05, 0) is 30.2 Å². The molecule has 0 aliphatic carbocycles. The monoisotopic (exact) mass is 244 g/mol. The van der Waals surface area contributed by atoms with Crippen LogP contribution in [0.2, 0.25) is 0 Å². The van der Waals surface area contributed by atoms with Gasteiger partial charge in [0.2, 0.25) is 5.91 Å². The summed E-state index contributed by atoms with van der Waals surface area (Å²) in [7, 11) is 0.